The third-order valence-corrected chi connectivity index (χ3v) is 6.13. The Morgan fingerprint density at radius 1 is 1.06 bits per heavy atom. The van der Waals surface area contributed by atoms with Crippen molar-refractivity contribution in [3.05, 3.63) is 83.2 Å². The molecule has 168 valence electrons. The topological polar surface area (TPSA) is 55.7 Å². The number of para-hydroxylation sites is 1. The number of hydrogen-bond acceptors (Lipinski definition) is 4. The van der Waals surface area contributed by atoms with Crippen LogP contribution in [-0.4, -0.2) is 55.3 Å². The van der Waals surface area contributed by atoms with Gasteiger partial charge in [0, 0.05) is 36.7 Å². The third-order valence-electron chi connectivity index (χ3n) is 6.13. The Morgan fingerprint density at radius 3 is 2.41 bits per heavy atom. The van der Waals surface area contributed by atoms with E-state index >= 15 is 0 Å². The zero-order valence-corrected chi connectivity index (χ0v) is 19.0. The number of nitrogens with one attached hydrogen (secondary N) is 1. The summed E-state index contributed by atoms with van der Waals surface area (Å²) in [6.45, 7) is 7.66. The zero-order valence-electron chi connectivity index (χ0n) is 19.0. The highest BCUT2D eigenvalue weighted by Gasteiger charge is 2.24. The fourth-order valence-corrected chi connectivity index (χ4v) is 4.42. The molecule has 0 saturated carbocycles. The maximum Gasteiger partial charge on any atom is 0.253 e. The molecule has 1 fully saturated rings. The minimum Gasteiger partial charge on any atom is -0.497 e. The van der Waals surface area contributed by atoms with Crippen LogP contribution in [0.2, 0.25) is 0 Å². The van der Waals surface area contributed by atoms with Gasteiger partial charge in [0.2, 0.25) is 0 Å². The number of hydrogen-bond donors (Lipinski definition) is 1. The number of amides is 1. The van der Waals surface area contributed by atoms with E-state index in [2.05, 4.69) is 39.0 Å². The molecule has 6 heteroatoms. The molecule has 0 radical (unpaired) electrons. The Balaban J connectivity index is 1.53. The Morgan fingerprint density at radius 2 is 1.75 bits per heavy atom. The van der Waals surface area contributed by atoms with Gasteiger partial charge in [-0.3, -0.25) is 9.69 Å². The van der Waals surface area contributed by atoms with Crippen LogP contribution in [0.15, 0.2) is 60.7 Å². The van der Waals surface area contributed by atoms with E-state index in [1.54, 1.807) is 7.11 Å². The van der Waals surface area contributed by atoms with Crippen LogP contribution in [-0.2, 0) is 4.74 Å². The Bertz CT molecular complexity index is 1040. The number of aryl methyl sites for hydroxylation is 1. The normalized spacial score (nSPS) is 15.3. The number of aromatic nitrogens is 1. The summed E-state index contributed by atoms with van der Waals surface area (Å²) in [5.74, 6) is 0.777. The summed E-state index contributed by atoms with van der Waals surface area (Å²) in [5.41, 5.74) is 4.91. The molecule has 1 N–H and O–H groups in total. The van der Waals surface area contributed by atoms with E-state index in [1.165, 1.54) is 0 Å². The molecule has 0 bridgehead atoms. The van der Waals surface area contributed by atoms with Crippen molar-refractivity contribution >= 4 is 5.91 Å². The van der Waals surface area contributed by atoms with Crippen LogP contribution in [0.3, 0.4) is 0 Å². The molecule has 1 aromatic heterocycles. The van der Waals surface area contributed by atoms with Crippen LogP contribution < -0.4 is 10.1 Å². The first-order valence-electron chi connectivity index (χ1n) is 11.1. The van der Waals surface area contributed by atoms with Gasteiger partial charge in [0.15, 0.2) is 0 Å². The number of ether oxygens (including phenoxy) is 2. The molecule has 0 spiro atoms. The first-order chi connectivity index (χ1) is 15.6. The lowest BCUT2D eigenvalue weighted by molar-refractivity contribution is 0.0162. The van der Waals surface area contributed by atoms with Gasteiger partial charge >= 0.3 is 0 Å². The number of carbonyl (C=O) groups is 1. The number of benzene rings is 2. The largest absolute Gasteiger partial charge is 0.497 e. The molecule has 32 heavy (non-hydrogen) atoms. The highest BCUT2D eigenvalue weighted by atomic mass is 16.5. The Kier molecular flexibility index (Phi) is 6.93. The van der Waals surface area contributed by atoms with Gasteiger partial charge < -0.3 is 19.4 Å². The summed E-state index contributed by atoms with van der Waals surface area (Å²) >= 11 is 0. The average Bonchev–Trinajstić information content (AvgIpc) is 3.14. The van der Waals surface area contributed by atoms with Gasteiger partial charge in [-0.1, -0.05) is 30.3 Å². The lowest BCUT2D eigenvalue weighted by atomic mass is 10.0. The van der Waals surface area contributed by atoms with Crippen molar-refractivity contribution in [2.75, 3.05) is 40.0 Å². The van der Waals surface area contributed by atoms with Crippen molar-refractivity contribution in [1.29, 1.82) is 0 Å². The second-order valence-electron chi connectivity index (χ2n) is 8.10. The maximum absolute atomic E-state index is 13.2. The van der Waals surface area contributed by atoms with Crippen molar-refractivity contribution in [2.24, 2.45) is 0 Å². The number of nitrogens with zero attached hydrogens (tertiary/aromatic N) is 2. The smallest absolute Gasteiger partial charge is 0.253 e. The van der Waals surface area contributed by atoms with Gasteiger partial charge in [0.05, 0.1) is 31.9 Å². The number of rotatable bonds is 7. The van der Waals surface area contributed by atoms with Crippen LogP contribution in [0.4, 0.5) is 0 Å². The molecule has 6 nitrogen and oxygen atoms in total. The molecule has 1 aliphatic rings. The van der Waals surface area contributed by atoms with E-state index < -0.39 is 0 Å². The lowest BCUT2D eigenvalue weighted by Crippen LogP contribution is -2.43. The summed E-state index contributed by atoms with van der Waals surface area (Å²) in [6, 6.07) is 20.3. The molecule has 4 rings (SSSR count). The minimum absolute atomic E-state index is 0.0490. The SMILES string of the molecule is COc1ccc([C@@H](CNC(=O)c2cc(C)n(-c3ccccc3)c2C)N2CCOCC2)cc1. The number of carbonyl (C=O) groups excluding carboxylic acids is 1. The van der Waals surface area contributed by atoms with E-state index in [-0.39, 0.29) is 11.9 Å². The molecule has 1 atom stereocenters. The van der Waals surface area contributed by atoms with Gasteiger partial charge in [-0.25, -0.2) is 0 Å². The second-order valence-corrected chi connectivity index (χ2v) is 8.10. The molecular formula is C26H31N3O3. The summed E-state index contributed by atoms with van der Waals surface area (Å²) in [7, 11) is 1.67. The summed E-state index contributed by atoms with van der Waals surface area (Å²) in [6.07, 6.45) is 0. The fourth-order valence-electron chi connectivity index (χ4n) is 4.42. The molecule has 1 saturated heterocycles. The molecule has 3 aromatic rings. The van der Waals surface area contributed by atoms with Crippen molar-refractivity contribution in [2.45, 2.75) is 19.9 Å². The molecule has 0 unspecified atom stereocenters. The van der Waals surface area contributed by atoms with Crippen molar-refractivity contribution < 1.29 is 14.3 Å². The Labute approximate surface area is 189 Å². The van der Waals surface area contributed by atoms with E-state index in [1.807, 2.05) is 50.2 Å². The van der Waals surface area contributed by atoms with Crippen molar-refractivity contribution in [3.63, 3.8) is 0 Å². The molecule has 2 heterocycles. The maximum atomic E-state index is 13.2. The van der Waals surface area contributed by atoms with Crippen molar-refractivity contribution in [3.8, 4) is 11.4 Å². The predicted molar refractivity (Wildman–Crippen MR) is 126 cm³/mol. The quantitative estimate of drug-likeness (QED) is 0.614. The first kappa shape index (κ1) is 22.1. The Hall–Kier alpha value is -3.09. The van der Waals surface area contributed by atoms with E-state index in [4.69, 9.17) is 9.47 Å². The van der Waals surface area contributed by atoms with Crippen LogP contribution in [0, 0.1) is 13.8 Å². The van der Waals surface area contributed by atoms with E-state index in [0.717, 1.165) is 41.5 Å². The molecule has 2 aromatic carbocycles. The second kappa shape index (κ2) is 10.0. The zero-order chi connectivity index (χ0) is 22.5. The average molecular weight is 434 g/mol. The standard InChI is InChI=1S/C26H31N3O3/c1-19-17-24(20(2)29(19)22-7-5-4-6-8-22)26(30)27-18-25(28-13-15-32-16-14-28)21-9-11-23(31-3)12-10-21/h4-12,17,25H,13-16,18H2,1-3H3,(H,27,30)/t25-/m1/s1. The number of methoxy groups -OCH3 is 1. The highest BCUT2D eigenvalue weighted by molar-refractivity contribution is 5.96. The summed E-state index contributed by atoms with van der Waals surface area (Å²) in [5, 5.41) is 3.19. The van der Waals surface area contributed by atoms with Gasteiger partial charge in [-0.15, -0.1) is 0 Å². The van der Waals surface area contributed by atoms with Crippen molar-refractivity contribution in [1.82, 2.24) is 14.8 Å². The first-order valence-corrected chi connectivity index (χ1v) is 11.1. The van der Waals surface area contributed by atoms with Crippen LogP contribution in [0.1, 0.15) is 33.4 Å². The minimum atomic E-state index is -0.0490. The molecular weight excluding hydrogens is 402 g/mol. The lowest BCUT2D eigenvalue weighted by Gasteiger charge is -2.35. The van der Waals surface area contributed by atoms with E-state index in [9.17, 15) is 4.79 Å². The van der Waals surface area contributed by atoms with Gasteiger partial charge in [0.1, 0.15) is 5.75 Å². The monoisotopic (exact) mass is 433 g/mol. The summed E-state index contributed by atoms with van der Waals surface area (Å²) < 4.78 is 13.0. The molecule has 1 amide bonds. The number of morpholine rings is 1. The molecule has 1 aliphatic heterocycles. The van der Waals surface area contributed by atoms with Gasteiger partial charge in [-0.05, 0) is 49.7 Å². The van der Waals surface area contributed by atoms with Gasteiger partial charge in [-0.2, -0.15) is 0 Å². The van der Waals surface area contributed by atoms with Crippen LogP contribution >= 0.6 is 0 Å². The molecule has 0 aliphatic carbocycles. The van der Waals surface area contributed by atoms with Gasteiger partial charge in [0.25, 0.3) is 5.91 Å². The van der Waals surface area contributed by atoms with E-state index in [0.29, 0.717) is 25.3 Å². The predicted octanol–water partition coefficient (Wildman–Crippen LogP) is 3.91. The summed E-state index contributed by atoms with van der Waals surface area (Å²) in [4.78, 5) is 15.6. The fraction of sp³-hybridized carbons (Fsp3) is 0.346. The third kappa shape index (κ3) is 4.71. The highest BCUT2D eigenvalue weighted by Crippen LogP contribution is 2.25. The van der Waals surface area contributed by atoms with Crippen LogP contribution in [0.5, 0.6) is 5.75 Å². The van der Waals surface area contributed by atoms with Crippen LogP contribution in [0.25, 0.3) is 5.69 Å².